The van der Waals surface area contributed by atoms with Gasteiger partial charge in [0.15, 0.2) is 5.16 Å². The highest BCUT2D eigenvalue weighted by Gasteiger charge is 2.01. The number of anilines is 1. The maximum absolute atomic E-state index is 5.63. The zero-order valence-electron chi connectivity index (χ0n) is 7.78. The molecule has 0 aromatic carbocycles. The van der Waals surface area contributed by atoms with E-state index in [0.717, 1.165) is 22.4 Å². The number of aromatic nitrogens is 2. The van der Waals surface area contributed by atoms with E-state index in [1.54, 1.807) is 11.8 Å². The van der Waals surface area contributed by atoms with Crippen molar-refractivity contribution in [3.63, 3.8) is 0 Å². The molecule has 1 rings (SSSR count). The van der Waals surface area contributed by atoms with Crippen LogP contribution in [0.2, 0.25) is 0 Å². The largest absolute Gasteiger partial charge is 0.384 e. The van der Waals surface area contributed by atoms with Crippen LogP contribution in [0, 0.1) is 0 Å². The van der Waals surface area contributed by atoms with Gasteiger partial charge < -0.3 is 5.73 Å². The minimum atomic E-state index is 0.554. The van der Waals surface area contributed by atoms with Gasteiger partial charge in [-0.05, 0) is 18.4 Å². The number of rotatable bonds is 4. The summed E-state index contributed by atoms with van der Waals surface area (Å²) in [6.07, 6.45) is 3.09. The quantitative estimate of drug-likeness (QED) is 0.474. The lowest BCUT2D eigenvalue weighted by atomic mass is 10.6. The Bertz CT molecular complexity index is 278. The van der Waals surface area contributed by atoms with Gasteiger partial charge in [-0.3, -0.25) is 0 Å². The molecule has 0 saturated carbocycles. The van der Waals surface area contributed by atoms with Crippen molar-refractivity contribution >= 4 is 29.3 Å². The predicted octanol–water partition coefficient (Wildman–Crippen LogP) is 2.28. The van der Waals surface area contributed by atoms with Gasteiger partial charge in [-0.15, -0.1) is 11.8 Å². The van der Waals surface area contributed by atoms with Gasteiger partial charge in [0.25, 0.3) is 0 Å². The van der Waals surface area contributed by atoms with Crippen LogP contribution in [0.1, 0.15) is 13.3 Å². The summed E-state index contributed by atoms with van der Waals surface area (Å²) in [5.74, 6) is 1.63. The zero-order valence-corrected chi connectivity index (χ0v) is 9.41. The molecule has 0 saturated heterocycles. The number of nitrogens with zero attached hydrogens (tertiary/aromatic N) is 2. The normalized spacial score (nSPS) is 10.3. The monoisotopic (exact) mass is 215 g/mol. The van der Waals surface area contributed by atoms with Gasteiger partial charge in [0.2, 0.25) is 0 Å². The molecule has 13 heavy (non-hydrogen) atoms. The van der Waals surface area contributed by atoms with Crippen molar-refractivity contribution in [2.75, 3.05) is 17.7 Å². The summed E-state index contributed by atoms with van der Waals surface area (Å²) in [6.45, 7) is 2.15. The molecule has 0 fully saturated rings. The van der Waals surface area contributed by atoms with Crippen molar-refractivity contribution in [1.29, 1.82) is 0 Å². The maximum atomic E-state index is 5.63. The van der Waals surface area contributed by atoms with E-state index in [9.17, 15) is 0 Å². The van der Waals surface area contributed by atoms with E-state index < -0.39 is 0 Å². The Balaban J connectivity index is 2.76. The molecule has 0 aliphatic carbocycles. The second-order valence-corrected chi connectivity index (χ2v) is 4.35. The SMILES string of the molecule is CCCSc1cc(N)nc(SC)n1. The van der Waals surface area contributed by atoms with Crippen molar-refractivity contribution in [2.45, 2.75) is 23.5 Å². The van der Waals surface area contributed by atoms with Gasteiger partial charge in [0.1, 0.15) is 10.8 Å². The summed E-state index contributed by atoms with van der Waals surface area (Å²) in [7, 11) is 0. The van der Waals surface area contributed by atoms with E-state index in [0.29, 0.717) is 5.82 Å². The Hall–Kier alpha value is -0.420. The lowest BCUT2D eigenvalue weighted by Gasteiger charge is -2.02. The minimum absolute atomic E-state index is 0.554. The first-order valence-electron chi connectivity index (χ1n) is 4.07. The third-order valence-electron chi connectivity index (χ3n) is 1.34. The highest BCUT2D eigenvalue weighted by Crippen LogP contribution is 2.20. The lowest BCUT2D eigenvalue weighted by Crippen LogP contribution is -1.95. The average Bonchev–Trinajstić information content (AvgIpc) is 2.14. The van der Waals surface area contributed by atoms with Crippen LogP contribution in [0.15, 0.2) is 16.2 Å². The number of hydrogen-bond donors (Lipinski definition) is 1. The molecule has 72 valence electrons. The van der Waals surface area contributed by atoms with Crippen molar-refractivity contribution in [2.24, 2.45) is 0 Å². The van der Waals surface area contributed by atoms with Crippen molar-refractivity contribution in [3.05, 3.63) is 6.07 Å². The standard InChI is InChI=1S/C8H13N3S2/c1-3-4-13-7-5-6(9)10-8(11-7)12-2/h5H,3-4H2,1-2H3,(H2,9,10,11). The number of nitrogens with two attached hydrogens (primary N) is 1. The van der Waals surface area contributed by atoms with E-state index in [-0.39, 0.29) is 0 Å². The second-order valence-electron chi connectivity index (χ2n) is 2.47. The summed E-state index contributed by atoms with van der Waals surface area (Å²) < 4.78 is 0. The minimum Gasteiger partial charge on any atom is -0.384 e. The number of thioether (sulfide) groups is 2. The first kappa shape index (κ1) is 10.7. The van der Waals surface area contributed by atoms with Gasteiger partial charge in [0, 0.05) is 6.07 Å². The molecule has 0 radical (unpaired) electrons. The summed E-state index contributed by atoms with van der Waals surface area (Å²) in [5.41, 5.74) is 5.63. The van der Waals surface area contributed by atoms with Gasteiger partial charge in [-0.2, -0.15) is 0 Å². The molecule has 0 aliphatic heterocycles. The summed E-state index contributed by atoms with van der Waals surface area (Å²) in [4.78, 5) is 8.40. The van der Waals surface area contributed by atoms with Crippen LogP contribution in [0.5, 0.6) is 0 Å². The molecule has 0 aliphatic rings. The third-order valence-corrected chi connectivity index (χ3v) is 3.00. The van der Waals surface area contributed by atoms with E-state index in [2.05, 4.69) is 16.9 Å². The lowest BCUT2D eigenvalue weighted by molar-refractivity contribution is 0.900. The second kappa shape index (κ2) is 5.34. The predicted molar refractivity (Wildman–Crippen MR) is 59.2 cm³/mol. The molecule has 0 amide bonds. The van der Waals surface area contributed by atoms with Gasteiger partial charge in [-0.25, -0.2) is 9.97 Å². The topological polar surface area (TPSA) is 51.8 Å². The summed E-state index contributed by atoms with van der Waals surface area (Å²) in [6, 6.07) is 1.82. The van der Waals surface area contributed by atoms with Crippen LogP contribution >= 0.6 is 23.5 Å². The average molecular weight is 215 g/mol. The molecule has 0 bridgehead atoms. The zero-order chi connectivity index (χ0) is 9.68. The Labute approximate surface area is 86.9 Å². The third kappa shape index (κ3) is 3.44. The molecule has 1 aromatic rings. The molecule has 0 spiro atoms. The van der Waals surface area contributed by atoms with Crippen molar-refractivity contribution in [3.8, 4) is 0 Å². The van der Waals surface area contributed by atoms with Crippen molar-refractivity contribution in [1.82, 2.24) is 9.97 Å². The summed E-state index contributed by atoms with van der Waals surface area (Å²) in [5, 5.41) is 1.72. The van der Waals surface area contributed by atoms with Crippen LogP contribution in [0.25, 0.3) is 0 Å². The summed E-state index contributed by atoms with van der Waals surface area (Å²) >= 11 is 3.23. The van der Waals surface area contributed by atoms with Crippen LogP contribution in [-0.2, 0) is 0 Å². The molecule has 0 unspecified atom stereocenters. The highest BCUT2D eigenvalue weighted by molar-refractivity contribution is 7.99. The Kier molecular flexibility index (Phi) is 4.38. The van der Waals surface area contributed by atoms with Crippen molar-refractivity contribution < 1.29 is 0 Å². The van der Waals surface area contributed by atoms with Gasteiger partial charge in [-0.1, -0.05) is 18.7 Å². The van der Waals surface area contributed by atoms with E-state index >= 15 is 0 Å². The smallest absolute Gasteiger partial charge is 0.190 e. The molecule has 3 nitrogen and oxygen atoms in total. The van der Waals surface area contributed by atoms with Gasteiger partial charge in [0.05, 0.1) is 0 Å². The van der Waals surface area contributed by atoms with Gasteiger partial charge >= 0.3 is 0 Å². The molecule has 0 atom stereocenters. The molecule has 5 heteroatoms. The number of nitrogen functional groups attached to an aromatic ring is 1. The molecule has 1 heterocycles. The first-order chi connectivity index (χ1) is 6.26. The van der Waals surface area contributed by atoms with Crippen LogP contribution < -0.4 is 5.73 Å². The fourth-order valence-corrected chi connectivity index (χ4v) is 2.01. The molecule has 2 N–H and O–H groups in total. The molecule has 1 aromatic heterocycles. The Morgan fingerprint density at radius 2 is 2.23 bits per heavy atom. The Morgan fingerprint density at radius 3 is 2.85 bits per heavy atom. The molecular weight excluding hydrogens is 202 g/mol. The van der Waals surface area contributed by atoms with Crippen LogP contribution in [0.4, 0.5) is 5.82 Å². The van der Waals surface area contributed by atoms with Crippen LogP contribution in [0.3, 0.4) is 0 Å². The first-order valence-corrected chi connectivity index (χ1v) is 6.28. The van der Waals surface area contributed by atoms with E-state index in [1.807, 2.05) is 12.3 Å². The number of hydrogen-bond acceptors (Lipinski definition) is 5. The fraction of sp³-hybridized carbons (Fsp3) is 0.500. The fourth-order valence-electron chi connectivity index (χ4n) is 0.793. The Morgan fingerprint density at radius 1 is 1.46 bits per heavy atom. The maximum Gasteiger partial charge on any atom is 0.190 e. The van der Waals surface area contributed by atoms with Crippen LogP contribution in [-0.4, -0.2) is 22.0 Å². The van der Waals surface area contributed by atoms with E-state index in [1.165, 1.54) is 11.8 Å². The molecular formula is C8H13N3S2. The highest BCUT2D eigenvalue weighted by atomic mass is 32.2. The van der Waals surface area contributed by atoms with E-state index in [4.69, 9.17) is 5.73 Å².